The van der Waals surface area contributed by atoms with E-state index < -0.39 is 27.1 Å². The molecule has 22 heavy (non-hydrogen) atoms. The first-order valence-corrected chi connectivity index (χ1v) is 8.88. The fraction of sp³-hybridized carbons (Fsp3) is 0.714. The molecule has 0 N–H and O–H groups in total. The van der Waals surface area contributed by atoms with Crippen LogP contribution in [0.4, 0.5) is 0 Å². The minimum absolute atomic E-state index is 0.225. The quantitative estimate of drug-likeness (QED) is 0.305. The highest BCUT2D eigenvalue weighted by Gasteiger charge is 2.43. The summed E-state index contributed by atoms with van der Waals surface area (Å²) in [6, 6.07) is 0. The van der Waals surface area contributed by atoms with Crippen LogP contribution in [-0.4, -0.2) is 45.3 Å². The summed E-state index contributed by atoms with van der Waals surface area (Å²) in [5, 5.41) is 0. The van der Waals surface area contributed by atoms with Crippen molar-refractivity contribution in [2.24, 2.45) is 0 Å². The second-order valence-corrected chi connectivity index (χ2v) is 6.01. The Morgan fingerprint density at radius 3 is 1.64 bits per heavy atom. The molecule has 7 nitrogen and oxygen atoms in total. The van der Waals surface area contributed by atoms with Gasteiger partial charge < -0.3 is 11.4 Å². The van der Waals surface area contributed by atoms with Crippen LogP contribution in [-0.2, 0) is 30.5 Å². The highest BCUT2D eigenvalue weighted by atomic mass is 27.3. The minimum atomic E-state index is -3.02. The fourth-order valence-electron chi connectivity index (χ4n) is 1.29. The lowest BCUT2D eigenvalue weighted by molar-refractivity contribution is -0.145. The van der Waals surface area contributed by atoms with Crippen molar-refractivity contribution in [1.82, 2.24) is 0 Å². The first-order valence-electron chi connectivity index (χ1n) is 7.46. The van der Waals surface area contributed by atoms with Crippen molar-refractivity contribution >= 4 is 38.7 Å². The first kappa shape index (κ1) is 20.8. The third-order valence-electron chi connectivity index (χ3n) is 2.68. The lowest BCUT2D eigenvalue weighted by Crippen LogP contribution is -2.34. The van der Waals surface area contributed by atoms with Crippen molar-refractivity contribution < 1.29 is 30.5 Å². The molecule has 0 aliphatic rings. The van der Waals surface area contributed by atoms with Gasteiger partial charge in [-0.05, 0) is 6.42 Å². The van der Waals surface area contributed by atoms with Gasteiger partial charge in [-0.15, -0.1) is 0 Å². The van der Waals surface area contributed by atoms with Gasteiger partial charge in [0.1, 0.15) is 24.4 Å². The molecule has 0 heterocycles. The highest BCUT2D eigenvalue weighted by molar-refractivity contribution is 6.42. The molecule has 0 bridgehead atoms. The van der Waals surface area contributed by atoms with E-state index in [9.17, 15) is 19.2 Å². The normalized spacial score (nSPS) is 9.95. The molecular formula is C14H23AlO7. The Hall–Kier alpha value is -1.23. The zero-order valence-electron chi connectivity index (χ0n) is 13.4. The van der Waals surface area contributed by atoms with E-state index in [0.717, 1.165) is 12.8 Å². The van der Waals surface area contributed by atoms with E-state index in [0.29, 0.717) is 0 Å². The summed E-state index contributed by atoms with van der Waals surface area (Å²) in [6.45, 7) is 5.52. The second kappa shape index (κ2) is 12.3. The third-order valence-corrected chi connectivity index (χ3v) is 4.10. The van der Waals surface area contributed by atoms with Crippen molar-refractivity contribution in [3.05, 3.63) is 0 Å². The van der Waals surface area contributed by atoms with E-state index in [-0.39, 0.29) is 43.9 Å². The van der Waals surface area contributed by atoms with Gasteiger partial charge in [0, 0.05) is 19.4 Å². The maximum absolute atomic E-state index is 11.6. The van der Waals surface area contributed by atoms with E-state index in [1.165, 1.54) is 0 Å². The van der Waals surface area contributed by atoms with Gasteiger partial charge in [0.25, 0.3) is 11.9 Å². The zero-order chi connectivity index (χ0) is 17.0. The Morgan fingerprint density at radius 2 is 1.27 bits per heavy atom. The number of hydrogen-bond acceptors (Lipinski definition) is 7. The molecule has 0 aromatic carbocycles. The molecule has 0 aliphatic carbocycles. The molecule has 124 valence electrons. The average molecular weight is 330 g/mol. The molecule has 0 radical (unpaired) electrons. The summed E-state index contributed by atoms with van der Waals surface area (Å²) in [5.74, 6) is -2.07. The molecule has 0 fully saturated rings. The summed E-state index contributed by atoms with van der Waals surface area (Å²) < 4.78 is 15.2. The number of Topliss-reactive ketones (excluding diaryl/α,β-unsaturated/α-hetero) is 2. The van der Waals surface area contributed by atoms with Crippen LogP contribution in [0.1, 0.15) is 59.3 Å². The molecule has 0 aromatic heterocycles. The number of carbonyl (C=O) groups excluding carboxylic acids is 4. The Kier molecular flexibility index (Phi) is 11.6. The van der Waals surface area contributed by atoms with Crippen molar-refractivity contribution in [3.8, 4) is 0 Å². The van der Waals surface area contributed by atoms with Crippen LogP contribution >= 0.6 is 0 Å². The van der Waals surface area contributed by atoms with Crippen LogP contribution in [0.25, 0.3) is 0 Å². The van der Waals surface area contributed by atoms with Crippen LogP contribution < -0.4 is 0 Å². The van der Waals surface area contributed by atoms with E-state index in [4.69, 9.17) is 11.4 Å². The van der Waals surface area contributed by atoms with E-state index in [2.05, 4.69) is 0 Å². The van der Waals surface area contributed by atoms with Gasteiger partial charge in [-0.25, -0.2) is 0 Å². The van der Waals surface area contributed by atoms with Gasteiger partial charge in [0.15, 0.2) is 0 Å². The number of unbranched alkanes of at least 4 members (excludes halogenated alkanes) is 1. The van der Waals surface area contributed by atoms with E-state index in [1.807, 2.05) is 6.92 Å². The lowest BCUT2D eigenvalue weighted by atomic mass is 10.2. The Bertz CT molecular complexity index is 363. The van der Waals surface area contributed by atoms with E-state index >= 15 is 0 Å². The summed E-state index contributed by atoms with van der Waals surface area (Å²) >= 11 is -3.02. The molecule has 0 saturated carbocycles. The van der Waals surface area contributed by atoms with Gasteiger partial charge in [-0.2, -0.15) is 0 Å². The summed E-state index contributed by atoms with van der Waals surface area (Å²) in [7, 11) is 0. The SMILES string of the molecule is CCCC[O][Al]([O]C(=O)CC(=O)CC)[O]C(=O)CC(=O)CC. The van der Waals surface area contributed by atoms with Gasteiger partial charge in [0.05, 0.1) is 0 Å². The van der Waals surface area contributed by atoms with E-state index in [1.54, 1.807) is 13.8 Å². The van der Waals surface area contributed by atoms with Crippen LogP contribution in [0.3, 0.4) is 0 Å². The monoisotopic (exact) mass is 330 g/mol. The molecule has 0 amide bonds. The number of carbonyl (C=O) groups is 4. The first-order chi connectivity index (χ1) is 10.4. The fourth-order valence-corrected chi connectivity index (χ4v) is 2.43. The smallest absolute Gasteiger partial charge is 0.561 e. The maximum Gasteiger partial charge on any atom is 1.10 e. The van der Waals surface area contributed by atoms with Gasteiger partial charge in [-0.3, -0.25) is 19.2 Å². The summed E-state index contributed by atoms with van der Waals surface area (Å²) in [5.41, 5.74) is 0. The van der Waals surface area contributed by atoms with Crippen LogP contribution in [0.15, 0.2) is 0 Å². The molecule has 0 spiro atoms. The van der Waals surface area contributed by atoms with Gasteiger partial charge in [-0.1, -0.05) is 27.2 Å². The van der Waals surface area contributed by atoms with Crippen LogP contribution in [0.5, 0.6) is 0 Å². The van der Waals surface area contributed by atoms with Gasteiger partial charge in [0.2, 0.25) is 0 Å². The van der Waals surface area contributed by atoms with Crippen LogP contribution in [0, 0.1) is 0 Å². The summed E-state index contributed by atoms with van der Waals surface area (Å²) in [6.07, 6.45) is 1.29. The van der Waals surface area contributed by atoms with Crippen molar-refractivity contribution in [1.29, 1.82) is 0 Å². The Labute approximate surface area is 135 Å². The van der Waals surface area contributed by atoms with Crippen molar-refractivity contribution in [3.63, 3.8) is 0 Å². The second-order valence-electron chi connectivity index (χ2n) is 4.63. The minimum Gasteiger partial charge on any atom is -0.561 e. The topological polar surface area (TPSA) is 96.0 Å². The van der Waals surface area contributed by atoms with Crippen molar-refractivity contribution in [2.45, 2.75) is 59.3 Å². The molecule has 0 rings (SSSR count). The predicted molar refractivity (Wildman–Crippen MR) is 78.6 cm³/mol. The number of rotatable bonds is 12. The van der Waals surface area contributed by atoms with Gasteiger partial charge >= 0.3 is 15.1 Å². The standard InChI is InChI=1S/2C5H8O3.C4H9O.Al/c2*1-2-4(6)3-5(7)8;1-2-3-4-5;/h2*2-3H2,1H3,(H,7,8);2-4H2,1H3;/q;;-1;+3/p-2. The maximum atomic E-state index is 11.6. The predicted octanol–water partition coefficient (Wildman–Crippen LogP) is 1.61. The molecular weight excluding hydrogens is 307 g/mol. The number of hydrogen-bond donors (Lipinski definition) is 0. The molecule has 0 saturated heterocycles. The summed E-state index contributed by atoms with van der Waals surface area (Å²) in [4.78, 5) is 45.5. The Morgan fingerprint density at radius 1 is 0.818 bits per heavy atom. The molecule has 0 aliphatic heterocycles. The molecule has 8 heteroatoms. The molecule has 0 atom stereocenters. The zero-order valence-corrected chi connectivity index (χ0v) is 14.5. The number of ketones is 2. The van der Waals surface area contributed by atoms with Crippen LogP contribution in [0.2, 0.25) is 0 Å². The average Bonchev–Trinajstić information content (AvgIpc) is 2.46. The van der Waals surface area contributed by atoms with Crippen molar-refractivity contribution in [2.75, 3.05) is 6.61 Å². The third kappa shape index (κ3) is 10.5. The molecule has 0 aromatic rings. The largest absolute Gasteiger partial charge is 1.10 e. The lowest BCUT2D eigenvalue weighted by Gasteiger charge is -2.13. The molecule has 0 unspecified atom stereocenters. The Balaban J connectivity index is 4.47. The highest BCUT2D eigenvalue weighted by Crippen LogP contribution is 2.03.